The molecule has 0 aromatic heterocycles. The van der Waals surface area contributed by atoms with E-state index in [0.717, 1.165) is 31.4 Å². The molecule has 0 spiro atoms. The average molecular weight is 298 g/mol. The normalized spacial score (nSPS) is 11.1. The minimum atomic E-state index is -3.37. The van der Waals surface area contributed by atoms with Crippen LogP contribution in [0.1, 0.15) is 25.7 Å². The number of benzene rings is 1. The van der Waals surface area contributed by atoms with Gasteiger partial charge in [0.05, 0.1) is 10.6 Å². The Morgan fingerprint density at radius 2 is 1.90 bits per heavy atom. The average Bonchev–Trinajstić information content (AvgIpc) is 2.42. The van der Waals surface area contributed by atoms with Crippen molar-refractivity contribution in [2.75, 3.05) is 12.3 Å². The summed E-state index contributed by atoms with van der Waals surface area (Å²) >= 11 is 0. The van der Waals surface area contributed by atoms with Crippen molar-refractivity contribution in [3.8, 4) is 0 Å². The smallest absolute Gasteiger partial charge is 0.178 e. The highest BCUT2D eigenvalue weighted by Crippen LogP contribution is 2.14. The van der Waals surface area contributed by atoms with E-state index in [-0.39, 0.29) is 10.6 Å². The van der Waals surface area contributed by atoms with Crippen LogP contribution in [-0.4, -0.2) is 20.7 Å². The Morgan fingerprint density at radius 3 is 2.55 bits per heavy atom. The van der Waals surface area contributed by atoms with Gasteiger partial charge in [-0.2, -0.15) is 0 Å². The highest BCUT2D eigenvalue weighted by atomic mass is 32.2. The molecule has 0 fully saturated rings. The Hall–Kier alpha value is -1.59. The summed E-state index contributed by atoms with van der Waals surface area (Å²) in [6.07, 6.45) is 4.97. The maximum absolute atomic E-state index is 12.7. The lowest BCUT2D eigenvalue weighted by Crippen LogP contribution is -2.07. The fourth-order valence-electron chi connectivity index (χ4n) is 1.67. The molecular formula is C13H17FN3O2S. The number of rotatable bonds is 9. The maximum atomic E-state index is 12.7. The first-order valence-corrected chi connectivity index (χ1v) is 8.02. The van der Waals surface area contributed by atoms with Gasteiger partial charge in [0, 0.05) is 11.5 Å². The number of nitrogens with zero attached hydrogens (tertiary/aromatic N) is 3. The van der Waals surface area contributed by atoms with Gasteiger partial charge in [-0.3, -0.25) is 0 Å². The van der Waals surface area contributed by atoms with Crippen molar-refractivity contribution in [3.63, 3.8) is 0 Å². The Morgan fingerprint density at radius 1 is 1.20 bits per heavy atom. The standard InChI is InChI=1S/C13H17FN3O2S/c14-12-6-8-13(9-7-12)20(18,19)11-5-3-1-2-4-10-16-17-15/h5-9H,1-4,10-11H2. The third kappa shape index (κ3) is 6.04. The lowest BCUT2D eigenvalue weighted by Gasteiger charge is -2.04. The molecule has 5 nitrogen and oxygen atoms in total. The Bertz CT molecular complexity index is 551. The van der Waals surface area contributed by atoms with Gasteiger partial charge in [-0.1, -0.05) is 18.0 Å². The monoisotopic (exact) mass is 298 g/mol. The summed E-state index contributed by atoms with van der Waals surface area (Å²) in [6.45, 7) is 0.477. The molecule has 1 aromatic carbocycles. The Kier molecular flexibility index (Phi) is 7.04. The van der Waals surface area contributed by atoms with Crippen LogP contribution in [0.3, 0.4) is 0 Å². The largest absolute Gasteiger partial charge is 0.224 e. The summed E-state index contributed by atoms with van der Waals surface area (Å²) < 4.78 is 36.5. The van der Waals surface area contributed by atoms with E-state index in [9.17, 15) is 12.8 Å². The van der Waals surface area contributed by atoms with Crippen molar-refractivity contribution in [1.82, 2.24) is 0 Å². The molecule has 0 heterocycles. The molecule has 1 radical (unpaired) electrons. The molecule has 1 rings (SSSR count). The van der Waals surface area contributed by atoms with Gasteiger partial charge in [0.25, 0.3) is 0 Å². The van der Waals surface area contributed by atoms with Crippen LogP contribution >= 0.6 is 0 Å². The molecule has 1 aromatic rings. The van der Waals surface area contributed by atoms with Gasteiger partial charge in [0.1, 0.15) is 5.82 Å². The van der Waals surface area contributed by atoms with Crippen LogP contribution in [0.2, 0.25) is 0 Å². The van der Waals surface area contributed by atoms with Crippen LogP contribution in [0.25, 0.3) is 10.4 Å². The lowest BCUT2D eigenvalue weighted by molar-refractivity contribution is 0.594. The topological polar surface area (TPSA) is 82.9 Å². The zero-order chi connectivity index (χ0) is 14.8. The summed E-state index contributed by atoms with van der Waals surface area (Å²) in [4.78, 5) is 2.79. The molecule has 0 aliphatic carbocycles. The van der Waals surface area contributed by atoms with Crippen molar-refractivity contribution in [2.24, 2.45) is 5.11 Å². The van der Waals surface area contributed by atoms with Crippen molar-refractivity contribution in [2.45, 2.75) is 30.6 Å². The fourth-order valence-corrected chi connectivity index (χ4v) is 2.89. The molecule has 0 N–H and O–H groups in total. The van der Waals surface area contributed by atoms with E-state index in [1.807, 2.05) is 0 Å². The van der Waals surface area contributed by atoms with Gasteiger partial charge in [-0.05, 0) is 49.1 Å². The summed E-state index contributed by atoms with van der Waals surface area (Å²) in [6, 6.07) is 4.84. The summed E-state index contributed by atoms with van der Waals surface area (Å²) in [5.41, 5.74) is 8.08. The van der Waals surface area contributed by atoms with Crippen molar-refractivity contribution in [1.29, 1.82) is 0 Å². The van der Waals surface area contributed by atoms with Crippen molar-refractivity contribution >= 4 is 9.84 Å². The first-order chi connectivity index (χ1) is 9.56. The number of halogens is 1. The van der Waals surface area contributed by atoms with E-state index < -0.39 is 15.7 Å². The van der Waals surface area contributed by atoms with Crippen LogP contribution in [0.4, 0.5) is 4.39 Å². The Labute approximate surface area is 118 Å². The SMILES string of the molecule is [N-]=[N+]=NCCCCC[CH]CS(=O)(=O)c1ccc(F)cc1. The van der Waals surface area contributed by atoms with Gasteiger partial charge >= 0.3 is 0 Å². The number of unbranched alkanes of at least 4 members (excludes halogenated alkanes) is 4. The molecule has 0 saturated carbocycles. The molecule has 0 unspecified atom stereocenters. The highest BCUT2D eigenvalue weighted by Gasteiger charge is 2.13. The van der Waals surface area contributed by atoms with Gasteiger partial charge in [-0.15, -0.1) is 0 Å². The van der Waals surface area contributed by atoms with Crippen LogP contribution < -0.4 is 0 Å². The molecule has 0 aliphatic rings. The zero-order valence-corrected chi connectivity index (χ0v) is 11.9. The summed E-state index contributed by atoms with van der Waals surface area (Å²) in [5.74, 6) is -0.498. The summed E-state index contributed by atoms with van der Waals surface area (Å²) in [7, 11) is -3.37. The second kappa shape index (κ2) is 8.55. The van der Waals surface area contributed by atoms with Crippen molar-refractivity contribution < 1.29 is 12.8 Å². The number of sulfone groups is 1. The lowest BCUT2D eigenvalue weighted by atomic mass is 10.2. The summed E-state index contributed by atoms with van der Waals surface area (Å²) in [5, 5.41) is 3.42. The predicted octanol–water partition coefficient (Wildman–Crippen LogP) is 3.67. The van der Waals surface area contributed by atoms with Gasteiger partial charge in [0.15, 0.2) is 9.84 Å². The van der Waals surface area contributed by atoms with Crippen molar-refractivity contribution in [3.05, 3.63) is 46.9 Å². The molecule has 109 valence electrons. The van der Waals surface area contributed by atoms with Gasteiger partial charge in [0.2, 0.25) is 0 Å². The first kappa shape index (κ1) is 16.5. The fraction of sp³-hybridized carbons (Fsp3) is 0.462. The van der Waals surface area contributed by atoms with Gasteiger partial charge in [-0.25, -0.2) is 12.8 Å². The highest BCUT2D eigenvalue weighted by molar-refractivity contribution is 7.91. The van der Waals surface area contributed by atoms with E-state index in [4.69, 9.17) is 5.53 Å². The molecule has 0 atom stereocenters. The van der Waals surface area contributed by atoms with Crippen LogP contribution in [0, 0.1) is 12.2 Å². The number of azide groups is 1. The van der Waals surface area contributed by atoms with E-state index in [0.29, 0.717) is 13.0 Å². The molecule has 20 heavy (non-hydrogen) atoms. The molecule has 0 saturated heterocycles. The third-order valence-corrected chi connectivity index (χ3v) is 4.40. The van der Waals surface area contributed by atoms with Crippen LogP contribution in [0.5, 0.6) is 0 Å². The van der Waals surface area contributed by atoms with Crippen LogP contribution in [0.15, 0.2) is 34.3 Å². The van der Waals surface area contributed by atoms with Crippen LogP contribution in [-0.2, 0) is 9.84 Å². The minimum Gasteiger partial charge on any atom is -0.224 e. The molecule has 0 bridgehead atoms. The quantitative estimate of drug-likeness (QED) is 0.229. The Balaban J connectivity index is 2.27. The molecule has 0 amide bonds. The second-order valence-electron chi connectivity index (χ2n) is 4.33. The minimum absolute atomic E-state index is 0.0466. The van der Waals surface area contributed by atoms with Gasteiger partial charge < -0.3 is 0 Å². The van der Waals surface area contributed by atoms with E-state index in [1.54, 1.807) is 6.42 Å². The zero-order valence-electron chi connectivity index (χ0n) is 11.1. The van der Waals surface area contributed by atoms with E-state index in [2.05, 4.69) is 10.0 Å². The number of hydrogen-bond acceptors (Lipinski definition) is 3. The first-order valence-electron chi connectivity index (χ1n) is 6.37. The molecular weight excluding hydrogens is 281 g/mol. The number of hydrogen-bond donors (Lipinski definition) is 0. The van der Waals surface area contributed by atoms with E-state index in [1.165, 1.54) is 12.1 Å². The molecule has 7 heteroatoms. The predicted molar refractivity (Wildman–Crippen MR) is 75.2 cm³/mol. The molecule has 0 aliphatic heterocycles. The third-order valence-electron chi connectivity index (χ3n) is 2.74. The van der Waals surface area contributed by atoms with E-state index >= 15 is 0 Å². The second-order valence-corrected chi connectivity index (χ2v) is 6.36. The maximum Gasteiger partial charge on any atom is 0.178 e.